The van der Waals surface area contributed by atoms with Crippen molar-refractivity contribution in [3.63, 3.8) is 0 Å². The monoisotopic (exact) mass is 339 g/mol. The highest BCUT2D eigenvalue weighted by atomic mass is 16.5. The van der Waals surface area contributed by atoms with Crippen LogP contribution in [0.15, 0.2) is 54.9 Å². The molecule has 2 N–H and O–H groups in total. The average Bonchev–Trinajstić information content (AvgIpc) is 3.06. The van der Waals surface area contributed by atoms with E-state index in [2.05, 4.69) is 4.98 Å². The van der Waals surface area contributed by atoms with Crippen molar-refractivity contribution >= 4 is 11.8 Å². The number of rotatable bonds is 6. The Hall–Kier alpha value is -2.89. The summed E-state index contributed by atoms with van der Waals surface area (Å²) in [6.07, 6.45) is 4.39. The summed E-state index contributed by atoms with van der Waals surface area (Å²) in [7, 11) is 0. The van der Waals surface area contributed by atoms with Crippen molar-refractivity contribution in [2.24, 2.45) is 5.73 Å². The van der Waals surface area contributed by atoms with Crippen molar-refractivity contribution in [1.29, 1.82) is 0 Å². The molecule has 2 aromatic rings. The van der Waals surface area contributed by atoms with Crippen LogP contribution in [0.4, 0.5) is 0 Å². The first kappa shape index (κ1) is 17.0. The molecule has 2 atom stereocenters. The predicted molar refractivity (Wildman–Crippen MR) is 92.7 cm³/mol. The van der Waals surface area contributed by atoms with Crippen LogP contribution in [0.5, 0.6) is 5.75 Å². The summed E-state index contributed by atoms with van der Waals surface area (Å²) in [4.78, 5) is 29.9. The molecule has 130 valence electrons. The van der Waals surface area contributed by atoms with Crippen molar-refractivity contribution in [2.75, 3.05) is 6.54 Å². The SMILES string of the molecule is NC(=O)C1CC(Oc2cccnc2)CN1C(=O)CCc1ccccc1. The van der Waals surface area contributed by atoms with Crippen LogP contribution in [0.1, 0.15) is 18.4 Å². The molecule has 2 amide bonds. The molecule has 0 bridgehead atoms. The minimum atomic E-state index is -0.620. The zero-order chi connectivity index (χ0) is 17.6. The van der Waals surface area contributed by atoms with Gasteiger partial charge in [0.2, 0.25) is 11.8 Å². The summed E-state index contributed by atoms with van der Waals surface area (Å²) in [5.74, 6) is 0.0459. The summed E-state index contributed by atoms with van der Waals surface area (Å²) in [6.45, 7) is 0.357. The zero-order valence-corrected chi connectivity index (χ0v) is 13.9. The summed E-state index contributed by atoms with van der Waals surface area (Å²) in [5, 5.41) is 0. The van der Waals surface area contributed by atoms with Crippen LogP contribution in [-0.2, 0) is 16.0 Å². The van der Waals surface area contributed by atoms with Crippen LogP contribution in [-0.4, -0.2) is 40.4 Å². The van der Waals surface area contributed by atoms with E-state index in [1.54, 1.807) is 29.4 Å². The number of nitrogens with two attached hydrogens (primary N) is 1. The Labute approximate surface area is 146 Å². The number of carbonyl (C=O) groups excluding carboxylic acids is 2. The third-order valence-corrected chi connectivity index (χ3v) is 4.32. The number of pyridine rings is 1. The molecule has 0 saturated carbocycles. The highest BCUT2D eigenvalue weighted by Crippen LogP contribution is 2.23. The minimum absolute atomic E-state index is 0.0788. The van der Waals surface area contributed by atoms with E-state index in [9.17, 15) is 9.59 Å². The number of hydrogen-bond donors (Lipinski definition) is 1. The largest absolute Gasteiger partial charge is 0.487 e. The van der Waals surface area contributed by atoms with E-state index in [1.807, 2.05) is 30.3 Å². The van der Waals surface area contributed by atoms with Crippen molar-refractivity contribution in [3.05, 3.63) is 60.4 Å². The quantitative estimate of drug-likeness (QED) is 0.865. The van der Waals surface area contributed by atoms with Crippen LogP contribution in [0.25, 0.3) is 0 Å². The Morgan fingerprint density at radius 3 is 2.68 bits per heavy atom. The van der Waals surface area contributed by atoms with Crippen molar-refractivity contribution in [3.8, 4) is 5.75 Å². The lowest BCUT2D eigenvalue weighted by molar-refractivity contribution is -0.137. The van der Waals surface area contributed by atoms with Gasteiger partial charge in [0.15, 0.2) is 0 Å². The highest BCUT2D eigenvalue weighted by molar-refractivity contribution is 5.87. The lowest BCUT2D eigenvalue weighted by Crippen LogP contribution is -2.43. The zero-order valence-electron chi connectivity index (χ0n) is 13.9. The van der Waals surface area contributed by atoms with Gasteiger partial charge in [-0.05, 0) is 24.1 Å². The molecule has 1 aliphatic heterocycles. The van der Waals surface area contributed by atoms with Crippen LogP contribution in [0, 0.1) is 0 Å². The standard InChI is InChI=1S/C19H21N3O3/c20-19(24)17-11-16(25-15-7-4-10-21-12-15)13-22(17)18(23)9-8-14-5-2-1-3-6-14/h1-7,10,12,16-17H,8-9,11,13H2,(H2,20,24). The molecule has 1 aromatic heterocycles. The van der Waals surface area contributed by atoms with Gasteiger partial charge in [-0.15, -0.1) is 0 Å². The van der Waals surface area contributed by atoms with Gasteiger partial charge in [0.05, 0.1) is 12.7 Å². The molecule has 0 radical (unpaired) electrons. The smallest absolute Gasteiger partial charge is 0.240 e. The molecule has 25 heavy (non-hydrogen) atoms. The number of aryl methyl sites for hydroxylation is 1. The molecule has 1 fully saturated rings. The van der Waals surface area contributed by atoms with E-state index in [1.165, 1.54) is 0 Å². The number of primary amides is 1. The maximum Gasteiger partial charge on any atom is 0.240 e. The minimum Gasteiger partial charge on any atom is -0.487 e. The number of aromatic nitrogens is 1. The number of nitrogens with zero attached hydrogens (tertiary/aromatic N) is 2. The lowest BCUT2D eigenvalue weighted by atomic mass is 10.1. The Kier molecular flexibility index (Phi) is 5.28. The number of hydrogen-bond acceptors (Lipinski definition) is 4. The van der Waals surface area contributed by atoms with Gasteiger partial charge in [0.25, 0.3) is 0 Å². The normalized spacial score (nSPS) is 19.6. The topological polar surface area (TPSA) is 85.5 Å². The fraction of sp³-hybridized carbons (Fsp3) is 0.316. The van der Waals surface area contributed by atoms with Gasteiger partial charge in [-0.25, -0.2) is 0 Å². The second-order valence-electron chi connectivity index (χ2n) is 6.11. The summed E-state index contributed by atoms with van der Waals surface area (Å²) in [6, 6.07) is 12.7. The summed E-state index contributed by atoms with van der Waals surface area (Å²) < 4.78 is 5.83. The Morgan fingerprint density at radius 2 is 2.00 bits per heavy atom. The second kappa shape index (κ2) is 7.79. The molecule has 1 saturated heterocycles. The molecule has 2 unspecified atom stereocenters. The molecule has 6 nitrogen and oxygen atoms in total. The van der Waals surface area contributed by atoms with Gasteiger partial charge >= 0.3 is 0 Å². The maximum absolute atomic E-state index is 12.6. The number of likely N-dealkylation sites (tertiary alicyclic amines) is 1. The van der Waals surface area contributed by atoms with Gasteiger partial charge in [-0.1, -0.05) is 30.3 Å². The molecule has 3 rings (SSSR count). The molecule has 1 aliphatic rings. The molecular weight excluding hydrogens is 318 g/mol. The van der Waals surface area contributed by atoms with Crippen molar-refractivity contribution in [1.82, 2.24) is 9.88 Å². The molecule has 1 aromatic carbocycles. The molecule has 2 heterocycles. The van der Waals surface area contributed by atoms with E-state index >= 15 is 0 Å². The predicted octanol–water partition coefficient (Wildman–Crippen LogP) is 1.55. The first-order valence-electron chi connectivity index (χ1n) is 8.33. The van der Waals surface area contributed by atoms with Gasteiger partial charge < -0.3 is 15.4 Å². The molecular formula is C19H21N3O3. The van der Waals surface area contributed by atoms with Gasteiger partial charge in [-0.2, -0.15) is 0 Å². The summed E-state index contributed by atoms with van der Waals surface area (Å²) >= 11 is 0. The van der Waals surface area contributed by atoms with Crippen LogP contribution < -0.4 is 10.5 Å². The van der Waals surface area contributed by atoms with E-state index in [4.69, 9.17) is 10.5 Å². The molecule has 6 heteroatoms. The van der Waals surface area contributed by atoms with Crippen molar-refractivity contribution < 1.29 is 14.3 Å². The van der Waals surface area contributed by atoms with E-state index in [0.29, 0.717) is 31.6 Å². The number of benzene rings is 1. The number of amides is 2. The number of carbonyl (C=O) groups is 2. The van der Waals surface area contributed by atoms with E-state index in [0.717, 1.165) is 5.56 Å². The van der Waals surface area contributed by atoms with E-state index < -0.39 is 11.9 Å². The average molecular weight is 339 g/mol. The first-order chi connectivity index (χ1) is 12.1. The van der Waals surface area contributed by atoms with Gasteiger partial charge in [0.1, 0.15) is 17.9 Å². The first-order valence-corrected chi connectivity index (χ1v) is 8.33. The lowest BCUT2D eigenvalue weighted by Gasteiger charge is -2.21. The van der Waals surface area contributed by atoms with Crippen LogP contribution >= 0.6 is 0 Å². The third kappa shape index (κ3) is 4.35. The fourth-order valence-corrected chi connectivity index (χ4v) is 3.08. The summed E-state index contributed by atoms with van der Waals surface area (Å²) in [5.41, 5.74) is 6.58. The second-order valence-corrected chi connectivity index (χ2v) is 6.11. The van der Waals surface area contributed by atoms with Gasteiger partial charge in [-0.3, -0.25) is 14.6 Å². The molecule has 0 aliphatic carbocycles. The third-order valence-electron chi connectivity index (χ3n) is 4.32. The molecule has 0 spiro atoms. The van der Waals surface area contributed by atoms with E-state index in [-0.39, 0.29) is 12.0 Å². The Bertz CT molecular complexity index is 721. The highest BCUT2D eigenvalue weighted by Gasteiger charge is 2.39. The number of ether oxygens (including phenoxy) is 1. The van der Waals surface area contributed by atoms with Crippen LogP contribution in [0.3, 0.4) is 0 Å². The van der Waals surface area contributed by atoms with Gasteiger partial charge in [0, 0.05) is 19.0 Å². The Balaban J connectivity index is 1.62. The van der Waals surface area contributed by atoms with Crippen LogP contribution in [0.2, 0.25) is 0 Å². The fourth-order valence-electron chi connectivity index (χ4n) is 3.08. The Morgan fingerprint density at radius 1 is 1.20 bits per heavy atom. The van der Waals surface area contributed by atoms with Crippen molar-refractivity contribution in [2.45, 2.75) is 31.4 Å². The maximum atomic E-state index is 12.6.